The summed E-state index contributed by atoms with van der Waals surface area (Å²) in [5, 5.41) is 0. The van der Waals surface area contributed by atoms with Crippen molar-refractivity contribution in [1.29, 1.82) is 0 Å². The molecule has 0 saturated heterocycles. The molecule has 1 aromatic carbocycles. The van der Waals surface area contributed by atoms with Gasteiger partial charge in [0, 0.05) is 51.3 Å². The first-order valence-electron chi connectivity index (χ1n) is 13.2. The lowest BCUT2D eigenvalue weighted by atomic mass is 10.0. The highest BCUT2D eigenvalue weighted by atomic mass is 16.5. The maximum absolute atomic E-state index is 13.4. The van der Waals surface area contributed by atoms with E-state index in [0.717, 1.165) is 25.0 Å². The van der Waals surface area contributed by atoms with Crippen LogP contribution in [0.4, 0.5) is 0 Å². The normalized spacial score (nSPS) is 11.0. The van der Waals surface area contributed by atoms with Crippen molar-refractivity contribution in [3.05, 3.63) is 59.4 Å². The number of amides is 2. The van der Waals surface area contributed by atoms with Crippen LogP contribution in [-0.4, -0.2) is 59.5 Å². The predicted molar refractivity (Wildman–Crippen MR) is 142 cm³/mol. The molecular weight excluding hydrogens is 438 g/mol. The molecule has 0 N–H and O–H groups in total. The van der Waals surface area contributed by atoms with Crippen LogP contribution in [0, 0.1) is 0 Å². The molecule has 0 unspecified atom stereocenters. The van der Waals surface area contributed by atoms with Gasteiger partial charge >= 0.3 is 0 Å². The number of aromatic nitrogens is 1. The van der Waals surface area contributed by atoms with Crippen LogP contribution in [0.5, 0.6) is 0 Å². The summed E-state index contributed by atoms with van der Waals surface area (Å²) in [7, 11) is 3.65. The van der Waals surface area contributed by atoms with E-state index in [4.69, 9.17) is 4.74 Å². The third-order valence-electron chi connectivity index (χ3n) is 6.45. The lowest BCUT2D eigenvalue weighted by Gasteiger charge is -2.28. The van der Waals surface area contributed by atoms with Crippen molar-refractivity contribution >= 4 is 11.8 Å². The standard InChI is InChI=1S/C29H45N3O3/c1-5-7-9-10-13-25-15-17-26(18-16-25)29(34)32(21-12-22-35-4)24-28(33)31(20-8-6-2)23-27-14-11-19-30(27)3/h11,14-19H,5-10,12-13,20-24H2,1-4H3. The third kappa shape index (κ3) is 9.88. The van der Waals surface area contributed by atoms with Crippen LogP contribution in [-0.2, 0) is 29.5 Å². The number of aryl methyl sites for hydroxylation is 2. The third-order valence-corrected chi connectivity index (χ3v) is 6.45. The van der Waals surface area contributed by atoms with Crippen molar-refractivity contribution in [1.82, 2.24) is 14.4 Å². The second-order valence-corrected chi connectivity index (χ2v) is 9.36. The first-order chi connectivity index (χ1) is 17.0. The zero-order valence-electron chi connectivity index (χ0n) is 22.3. The minimum atomic E-state index is -0.0960. The van der Waals surface area contributed by atoms with E-state index in [1.807, 2.05) is 47.0 Å². The molecule has 35 heavy (non-hydrogen) atoms. The average molecular weight is 484 g/mol. The number of carbonyl (C=O) groups is 2. The summed E-state index contributed by atoms with van der Waals surface area (Å²) in [6.07, 6.45) is 10.6. The van der Waals surface area contributed by atoms with Crippen molar-refractivity contribution in [2.24, 2.45) is 7.05 Å². The molecule has 0 radical (unpaired) electrons. The SMILES string of the molecule is CCCCCCc1ccc(C(=O)N(CCCOC)CC(=O)N(CCCC)Cc2cccn2C)cc1. The zero-order chi connectivity index (χ0) is 25.5. The second kappa shape index (κ2) is 16.1. The Morgan fingerprint density at radius 1 is 0.886 bits per heavy atom. The Kier molecular flexibility index (Phi) is 13.2. The van der Waals surface area contributed by atoms with Gasteiger partial charge in [-0.3, -0.25) is 9.59 Å². The summed E-state index contributed by atoms with van der Waals surface area (Å²) < 4.78 is 7.24. The lowest BCUT2D eigenvalue weighted by molar-refractivity contribution is -0.132. The van der Waals surface area contributed by atoms with Gasteiger partial charge in [-0.2, -0.15) is 0 Å². The maximum atomic E-state index is 13.4. The van der Waals surface area contributed by atoms with Crippen LogP contribution in [0.3, 0.4) is 0 Å². The molecule has 2 aromatic rings. The van der Waals surface area contributed by atoms with Gasteiger partial charge in [0.1, 0.15) is 6.54 Å². The minimum absolute atomic E-state index is 0.0158. The number of unbranched alkanes of at least 4 members (excludes halogenated alkanes) is 4. The van der Waals surface area contributed by atoms with Gasteiger partial charge in [-0.25, -0.2) is 0 Å². The zero-order valence-corrected chi connectivity index (χ0v) is 22.3. The first-order valence-corrected chi connectivity index (χ1v) is 13.2. The first kappa shape index (κ1) is 28.6. The Labute approximate surface area is 212 Å². The van der Waals surface area contributed by atoms with E-state index >= 15 is 0 Å². The highest BCUT2D eigenvalue weighted by Gasteiger charge is 2.22. The van der Waals surface area contributed by atoms with Gasteiger partial charge in [-0.15, -0.1) is 0 Å². The molecule has 0 atom stereocenters. The van der Waals surface area contributed by atoms with Gasteiger partial charge in [0.2, 0.25) is 5.91 Å². The Balaban J connectivity index is 2.09. The van der Waals surface area contributed by atoms with E-state index in [2.05, 4.69) is 26.0 Å². The topological polar surface area (TPSA) is 54.8 Å². The van der Waals surface area contributed by atoms with Crippen molar-refractivity contribution in [2.75, 3.05) is 33.4 Å². The number of hydrogen-bond donors (Lipinski definition) is 0. The molecule has 6 heteroatoms. The molecule has 194 valence electrons. The Morgan fingerprint density at radius 2 is 1.60 bits per heavy atom. The van der Waals surface area contributed by atoms with Crippen LogP contribution in [0.1, 0.15) is 80.4 Å². The van der Waals surface area contributed by atoms with Gasteiger partial charge in [0.15, 0.2) is 0 Å². The molecule has 0 aliphatic carbocycles. The smallest absolute Gasteiger partial charge is 0.254 e. The number of hydrogen-bond acceptors (Lipinski definition) is 3. The number of benzene rings is 1. The largest absolute Gasteiger partial charge is 0.385 e. The van der Waals surface area contributed by atoms with Gasteiger partial charge < -0.3 is 19.1 Å². The van der Waals surface area contributed by atoms with Crippen LogP contribution >= 0.6 is 0 Å². The van der Waals surface area contributed by atoms with Gasteiger partial charge in [0.25, 0.3) is 5.91 Å². The molecule has 6 nitrogen and oxygen atoms in total. The fourth-order valence-corrected chi connectivity index (χ4v) is 4.17. The molecule has 1 aromatic heterocycles. The summed E-state index contributed by atoms with van der Waals surface area (Å²) >= 11 is 0. The summed E-state index contributed by atoms with van der Waals surface area (Å²) in [6, 6.07) is 12.0. The molecule has 0 bridgehead atoms. The average Bonchev–Trinajstić information content (AvgIpc) is 3.27. The van der Waals surface area contributed by atoms with Gasteiger partial charge in [0.05, 0.1) is 6.54 Å². The summed E-state index contributed by atoms with van der Waals surface area (Å²) in [4.78, 5) is 30.4. The quantitative estimate of drug-likeness (QED) is 0.281. The summed E-state index contributed by atoms with van der Waals surface area (Å²) in [5.41, 5.74) is 2.98. The van der Waals surface area contributed by atoms with E-state index in [-0.39, 0.29) is 18.4 Å². The molecular formula is C29H45N3O3. The van der Waals surface area contributed by atoms with E-state index in [1.165, 1.54) is 31.2 Å². The number of methoxy groups -OCH3 is 1. The number of ether oxygens (including phenoxy) is 1. The summed E-state index contributed by atoms with van der Waals surface area (Å²) in [5.74, 6) is -0.112. The van der Waals surface area contributed by atoms with Crippen LogP contribution in [0.25, 0.3) is 0 Å². The fourth-order valence-electron chi connectivity index (χ4n) is 4.17. The molecule has 0 fully saturated rings. The molecule has 1 heterocycles. The number of nitrogens with zero attached hydrogens (tertiary/aromatic N) is 3. The van der Waals surface area contributed by atoms with Crippen molar-refractivity contribution < 1.29 is 14.3 Å². The van der Waals surface area contributed by atoms with Crippen LogP contribution < -0.4 is 0 Å². The molecule has 2 amide bonds. The molecule has 2 rings (SSSR count). The molecule has 0 saturated carbocycles. The molecule has 0 aliphatic heterocycles. The van der Waals surface area contributed by atoms with Gasteiger partial charge in [-0.05, 0) is 55.5 Å². The van der Waals surface area contributed by atoms with E-state index < -0.39 is 0 Å². The fraction of sp³-hybridized carbons (Fsp3) is 0.586. The predicted octanol–water partition coefficient (Wildman–Crippen LogP) is 5.46. The van der Waals surface area contributed by atoms with Gasteiger partial charge in [-0.1, -0.05) is 51.7 Å². The highest BCUT2D eigenvalue weighted by molar-refractivity contribution is 5.96. The summed E-state index contributed by atoms with van der Waals surface area (Å²) in [6.45, 7) is 6.70. The van der Waals surface area contributed by atoms with Crippen molar-refractivity contribution in [2.45, 2.75) is 71.8 Å². The Hall–Kier alpha value is -2.60. The Bertz CT molecular complexity index is 876. The molecule has 0 aliphatic rings. The monoisotopic (exact) mass is 483 g/mol. The number of rotatable bonds is 17. The van der Waals surface area contributed by atoms with E-state index in [0.29, 0.717) is 38.2 Å². The molecule has 0 spiro atoms. The van der Waals surface area contributed by atoms with Crippen LogP contribution in [0.15, 0.2) is 42.6 Å². The van der Waals surface area contributed by atoms with E-state index in [9.17, 15) is 9.59 Å². The maximum Gasteiger partial charge on any atom is 0.254 e. The number of carbonyl (C=O) groups excluding carboxylic acids is 2. The Morgan fingerprint density at radius 3 is 2.23 bits per heavy atom. The lowest BCUT2D eigenvalue weighted by Crippen LogP contribution is -2.43. The van der Waals surface area contributed by atoms with Crippen molar-refractivity contribution in [3.8, 4) is 0 Å². The second-order valence-electron chi connectivity index (χ2n) is 9.36. The highest BCUT2D eigenvalue weighted by Crippen LogP contribution is 2.13. The van der Waals surface area contributed by atoms with Crippen LogP contribution in [0.2, 0.25) is 0 Å². The van der Waals surface area contributed by atoms with Crippen molar-refractivity contribution in [3.63, 3.8) is 0 Å². The minimum Gasteiger partial charge on any atom is -0.385 e. The van der Waals surface area contributed by atoms with E-state index in [1.54, 1.807) is 12.0 Å².